The number of anilines is 2. The number of nitrogens with one attached hydrogen (secondary N) is 2. The zero-order valence-electron chi connectivity index (χ0n) is 13.9. The van der Waals surface area contributed by atoms with Crippen LogP contribution in [0.25, 0.3) is 0 Å². The van der Waals surface area contributed by atoms with E-state index in [1.165, 1.54) is 23.1 Å². The molecule has 0 spiro atoms. The number of carbonyl (C=O) groups excluding carboxylic acids is 1. The first-order valence-corrected chi connectivity index (χ1v) is 9.66. The summed E-state index contributed by atoms with van der Waals surface area (Å²) in [5, 5.41) is 15.0. The van der Waals surface area contributed by atoms with Crippen LogP contribution < -0.4 is 15.4 Å². The summed E-state index contributed by atoms with van der Waals surface area (Å²) < 4.78 is 6.05. The van der Waals surface area contributed by atoms with Crippen molar-refractivity contribution in [2.45, 2.75) is 30.5 Å². The lowest BCUT2D eigenvalue weighted by atomic mass is 10.2. The molecule has 1 aromatic heterocycles. The molecule has 0 atom stereocenters. The van der Waals surface area contributed by atoms with Gasteiger partial charge in [0, 0.05) is 6.54 Å². The quantitative estimate of drug-likeness (QED) is 0.493. The highest BCUT2D eigenvalue weighted by Crippen LogP contribution is 2.31. The van der Waals surface area contributed by atoms with E-state index in [1.54, 1.807) is 7.11 Å². The zero-order valence-corrected chi connectivity index (χ0v) is 15.5. The lowest BCUT2D eigenvalue weighted by Crippen LogP contribution is -2.26. The van der Waals surface area contributed by atoms with Crippen LogP contribution in [0.2, 0.25) is 0 Å². The van der Waals surface area contributed by atoms with Crippen molar-refractivity contribution >= 4 is 39.8 Å². The predicted octanol–water partition coefficient (Wildman–Crippen LogP) is 3.69. The maximum absolute atomic E-state index is 11.8. The van der Waals surface area contributed by atoms with E-state index in [-0.39, 0.29) is 5.91 Å². The molecule has 0 aliphatic rings. The Morgan fingerprint density at radius 1 is 1.29 bits per heavy atom. The molecule has 6 nitrogen and oxygen atoms in total. The summed E-state index contributed by atoms with van der Waals surface area (Å²) >= 11 is 2.81. The number of methoxy groups -OCH3 is 1. The van der Waals surface area contributed by atoms with Crippen LogP contribution in [0.15, 0.2) is 28.6 Å². The SMILES string of the molecule is CCCCCNC(=O)CSc1nnc(Nc2ccccc2OC)s1. The molecule has 0 aliphatic carbocycles. The third-order valence-corrected chi connectivity index (χ3v) is 5.16. The second kappa shape index (κ2) is 10.1. The molecule has 2 aromatic rings. The van der Waals surface area contributed by atoms with Gasteiger partial charge >= 0.3 is 0 Å². The highest BCUT2D eigenvalue weighted by atomic mass is 32.2. The van der Waals surface area contributed by atoms with E-state index < -0.39 is 0 Å². The highest BCUT2D eigenvalue weighted by molar-refractivity contribution is 8.01. The third kappa shape index (κ3) is 6.01. The summed E-state index contributed by atoms with van der Waals surface area (Å²) in [5.41, 5.74) is 0.835. The van der Waals surface area contributed by atoms with Crippen LogP contribution in [-0.4, -0.2) is 35.5 Å². The molecule has 0 bridgehead atoms. The summed E-state index contributed by atoms with van der Waals surface area (Å²) in [5.74, 6) is 1.13. The Morgan fingerprint density at radius 2 is 2.12 bits per heavy atom. The molecule has 8 heteroatoms. The maximum Gasteiger partial charge on any atom is 0.230 e. The monoisotopic (exact) mass is 366 g/mol. The Morgan fingerprint density at radius 3 is 2.92 bits per heavy atom. The summed E-state index contributed by atoms with van der Waals surface area (Å²) in [7, 11) is 1.63. The van der Waals surface area contributed by atoms with E-state index in [4.69, 9.17) is 4.74 Å². The van der Waals surface area contributed by atoms with Gasteiger partial charge in [-0.2, -0.15) is 0 Å². The van der Waals surface area contributed by atoms with E-state index >= 15 is 0 Å². The Hall–Kier alpha value is -1.80. The summed E-state index contributed by atoms with van der Waals surface area (Å²) in [6.45, 7) is 2.88. The van der Waals surface area contributed by atoms with Crippen molar-refractivity contribution in [2.24, 2.45) is 0 Å². The molecule has 1 amide bonds. The van der Waals surface area contributed by atoms with Crippen LogP contribution in [0, 0.1) is 0 Å². The Kier molecular flexibility index (Phi) is 7.84. The Balaban J connectivity index is 1.79. The lowest BCUT2D eigenvalue weighted by molar-refractivity contribution is -0.118. The van der Waals surface area contributed by atoms with Gasteiger partial charge in [0.05, 0.1) is 18.6 Å². The van der Waals surface area contributed by atoms with E-state index in [9.17, 15) is 4.79 Å². The largest absolute Gasteiger partial charge is 0.495 e. The van der Waals surface area contributed by atoms with E-state index in [1.807, 2.05) is 24.3 Å². The predicted molar refractivity (Wildman–Crippen MR) is 99.4 cm³/mol. The number of aromatic nitrogens is 2. The van der Waals surface area contributed by atoms with Gasteiger partial charge < -0.3 is 15.4 Å². The number of unbranched alkanes of at least 4 members (excludes halogenated alkanes) is 2. The molecule has 0 radical (unpaired) electrons. The van der Waals surface area contributed by atoms with Gasteiger partial charge in [-0.15, -0.1) is 10.2 Å². The molecule has 1 aromatic carbocycles. The first-order chi connectivity index (χ1) is 11.7. The summed E-state index contributed by atoms with van der Waals surface area (Å²) in [6, 6.07) is 7.62. The van der Waals surface area contributed by atoms with E-state index in [0.717, 1.165) is 41.6 Å². The molecule has 2 rings (SSSR count). The van der Waals surface area contributed by atoms with Gasteiger partial charge in [0.1, 0.15) is 5.75 Å². The molecular formula is C16H22N4O2S2. The number of carbonyl (C=O) groups is 1. The van der Waals surface area contributed by atoms with Crippen molar-refractivity contribution in [3.05, 3.63) is 24.3 Å². The topological polar surface area (TPSA) is 76.1 Å². The summed E-state index contributed by atoms with van der Waals surface area (Å²) in [4.78, 5) is 11.8. The molecule has 2 N–H and O–H groups in total. The molecule has 0 unspecified atom stereocenters. The minimum absolute atomic E-state index is 0.0329. The first kappa shape index (κ1) is 18.5. The molecule has 24 heavy (non-hydrogen) atoms. The molecule has 130 valence electrons. The van der Waals surface area contributed by atoms with Crippen molar-refractivity contribution in [2.75, 3.05) is 24.7 Å². The van der Waals surface area contributed by atoms with Gasteiger partial charge in [-0.1, -0.05) is 55.0 Å². The number of benzene rings is 1. The van der Waals surface area contributed by atoms with Crippen molar-refractivity contribution in [1.82, 2.24) is 15.5 Å². The third-order valence-electron chi connectivity index (χ3n) is 3.18. The first-order valence-electron chi connectivity index (χ1n) is 7.86. The second-order valence-electron chi connectivity index (χ2n) is 5.04. The molecule has 0 fully saturated rings. The van der Waals surface area contributed by atoms with Gasteiger partial charge in [-0.25, -0.2) is 0 Å². The average molecular weight is 367 g/mol. The molecule has 0 saturated heterocycles. The second-order valence-corrected chi connectivity index (χ2v) is 7.24. The fourth-order valence-corrected chi connectivity index (χ4v) is 3.56. The van der Waals surface area contributed by atoms with Crippen molar-refractivity contribution in [3.63, 3.8) is 0 Å². The molecule has 0 aliphatic heterocycles. The van der Waals surface area contributed by atoms with Crippen molar-refractivity contribution < 1.29 is 9.53 Å². The van der Waals surface area contributed by atoms with Crippen LogP contribution in [0.1, 0.15) is 26.2 Å². The van der Waals surface area contributed by atoms with Crippen molar-refractivity contribution in [3.8, 4) is 5.75 Å². The minimum atomic E-state index is 0.0329. The maximum atomic E-state index is 11.8. The fraction of sp³-hybridized carbons (Fsp3) is 0.438. The van der Waals surface area contributed by atoms with Gasteiger partial charge in [0.15, 0.2) is 4.34 Å². The van der Waals surface area contributed by atoms with Gasteiger partial charge in [0.25, 0.3) is 0 Å². The Bertz CT molecular complexity index is 649. The number of hydrogen-bond acceptors (Lipinski definition) is 7. The van der Waals surface area contributed by atoms with Crippen LogP contribution in [0.5, 0.6) is 5.75 Å². The van der Waals surface area contributed by atoms with Crippen LogP contribution >= 0.6 is 23.1 Å². The lowest BCUT2D eigenvalue weighted by Gasteiger charge is -2.07. The average Bonchev–Trinajstić information content (AvgIpc) is 3.05. The number of ether oxygens (including phenoxy) is 1. The normalized spacial score (nSPS) is 10.4. The van der Waals surface area contributed by atoms with Gasteiger partial charge in [-0.3, -0.25) is 4.79 Å². The van der Waals surface area contributed by atoms with E-state index in [2.05, 4.69) is 27.8 Å². The fourth-order valence-electron chi connectivity index (χ4n) is 1.96. The number of rotatable bonds is 10. The number of para-hydroxylation sites is 2. The van der Waals surface area contributed by atoms with E-state index in [0.29, 0.717) is 10.9 Å². The highest BCUT2D eigenvalue weighted by Gasteiger charge is 2.09. The molecular weight excluding hydrogens is 344 g/mol. The van der Waals surface area contributed by atoms with Gasteiger partial charge in [0.2, 0.25) is 11.0 Å². The number of nitrogens with zero attached hydrogens (tertiary/aromatic N) is 2. The van der Waals surface area contributed by atoms with Gasteiger partial charge in [-0.05, 0) is 18.6 Å². The molecule has 1 heterocycles. The molecule has 0 saturated carbocycles. The number of amides is 1. The van der Waals surface area contributed by atoms with Crippen LogP contribution in [0.3, 0.4) is 0 Å². The smallest absolute Gasteiger partial charge is 0.230 e. The Labute approximate surface area is 150 Å². The minimum Gasteiger partial charge on any atom is -0.495 e. The zero-order chi connectivity index (χ0) is 17.2. The number of thioether (sulfide) groups is 1. The van der Waals surface area contributed by atoms with Crippen molar-refractivity contribution in [1.29, 1.82) is 0 Å². The van der Waals surface area contributed by atoms with Crippen LogP contribution in [0.4, 0.5) is 10.8 Å². The standard InChI is InChI=1S/C16H22N4O2S2/c1-3-4-7-10-17-14(21)11-23-16-20-19-15(24-16)18-12-8-5-6-9-13(12)22-2/h5-6,8-9H,3-4,7,10-11H2,1-2H3,(H,17,21)(H,18,19). The summed E-state index contributed by atoms with van der Waals surface area (Å²) in [6.07, 6.45) is 3.32. The number of hydrogen-bond donors (Lipinski definition) is 2. The van der Waals surface area contributed by atoms with Crippen LogP contribution in [-0.2, 0) is 4.79 Å².